The monoisotopic (exact) mass is 185 g/mol. The van der Waals surface area contributed by atoms with Crippen molar-refractivity contribution in [1.29, 1.82) is 0 Å². The summed E-state index contributed by atoms with van der Waals surface area (Å²) in [5, 5.41) is 10.9. The van der Waals surface area contributed by atoms with Crippen LogP contribution in [0.15, 0.2) is 0 Å². The summed E-state index contributed by atoms with van der Waals surface area (Å²) in [6, 6.07) is -0.0646. The molecule has 74 valence electrons. The third-order valence-electron chi connectivity index (χ3n) is 2.56. The van der Waals surface area contributed by atoms with Gasteiger partial charge >= 0.3 is 6.09 Å². The highest BCUT2D eigenvalue weighted by Crippen LogP contribution is 2.31. The van der Waals surface area contributed by atoms with Crippen molar-refractivity contribution in [2.75, 3.05) is 0 Å². The second-order valence-corrected chi connectivity index (χ2v) is 4.20. The first-order valence-electron chi connectivity index (χ1n) is 4.44. The molecule has 1 amide bonds. The Bertz CT molecular complexity index is 235. The molecule has 0 aromatic carbocycles. The summed E-state index contributed by atoms with van der Waals surface area (Å²) in [7, 11) is 0. The predicted molar refractivity (Wildman–Crippen MR) is 47.6 cm³/mol. The van der Waals surface area contributed by atoms with E-state index in [1.54, 1.807) is 0 Å². The molecule has 2 N–H and O–H groups in total. The molecule has 1 aliphatic carbocycles. The summed E-state index contributed by atoms with van der Waals surface area (Å²) in [4.78, 5) is 21.7. The molecule has 1 saturated carbocycles. The maximum atomic E-state index is 11.4. The van der Waals surface area contributed by atoms with Gasteiger partial charge in [0.15, 0.2) is 0 Å². The lowest BCUT2D eigenvalue weighted by Crippen LogP contribution is -2.43. The number of hydrogen-bond acceptors (Lipinski definition) is 2. The van der Waals surface area contributed by atoms with Crippen LogP contribution in [0.5, 0.6) is 0 Å². The van der Waals surface area contributed by atoms with Crippen molar-refractivity contribution in [3.05, 3.63) is 0 Å². The number of carboxylic acid groups (broad SMARTS) is 1. The Morgan fingerprint density at radius 2 is 2.23 bits per heavy atom. The number of amides is 1. The summed E-state index contributed by atoms with van der Waals surface area (Å²) in [5.74, 6) is 0.232. The average molecular weight is 185 g/mol. The lowest BCUT2D eigenvalue weighted by molar-refractivity contribution is -0.129. The molecule has 0 heterocycles. The van der Waals surface area contributed by atoms with E-state index in [4.69, 9.17) is 5.11 Å². The zero-order valence-electron chi connectivity index (χ0n) is 7.96. The Hall–Kier alpha value is -1.06. The number of nitrogens with one attached hydrogen (secondary N) is 1. The van der Waals surface area contributed by atoms with Gasteiger partial charge in [0.05, 0.1) is 0 Å². The molecule has 1 fully saturated rings. The normalized spacial score (nSPS) is 26.9. The van der Waals surface area contributed by atoms with E-state index in [-0.39, 0.29) is 17.2 Å². The molecule has 13 heavy (non-hydrogen) atoms. The zero-order chi connectivity index (χ0) is 10.1. The van der Waals surface area contributed by atoms with Crippen molar-refractivity contribution in [3.8, 4) is 0 Å². The van der Waals surface area contributed by atoms with Crippen molar-refractivity contribution in [1.82, 2.24) is 5.32 Å². The van der Waals surface area contributed by atoms with Crippen LogP contribution < -0.4 is 5.32 Å². The lowest BCUT2D eigenvalue weighted by atomic mass is 9.74. The second kappa shape index (κ2) is 3.36. The molecule has 4 heteroatoms. The predicted octanol–water partition coefficient (Wildman–Crippen LogP) is 1.40. The van der Waals surface area contributed by atoms with Gasteiger partial charge in [-0.3, -0.25) is 4.79 Å². The van der Waals surface area contributed by atoms with Gasteiger partial charge in [-0.05, 0) is 12.8 Å². The molecule has 0 aromatic heterocycles. The van der Waals surface area contributed by atoms with Crippen LogP contribution in [-0.4, -0.2) is 23.0 Å². The van der Waals surface area contributed by atoms with Gasteiger partial charge in [0.1, 0.15) is 5.78 Å². The van der Waals surface area contributed by atoms with Crippen molar-refractivity contribution in [2.24, 2.45) is 5.41 Å². The minimum absolute atomic E-state index is 0.0646. The van der Waals surface area contributed by atoms with Crippen LogP contribution in [-0.2, 0) is 4.79 Å². The van der Waals surface area contributed by atoms with Crippen LogP contribution in [0, 0.1) is 5.41 Å². The van der Waals surface area contributed by atoms with Gasteiger partial charge in [-0.2, -0.15) is 0 Å². The summed E-state index contributed by atoms with van der Waals surface area (Å²) in [6.07, 6.45) is 0.722. The van der Waals surface area contributed by atoms with Crippen LogP contribution >= 0.6 is 0 Å². The lowest BCUT2D eigenvalue weighted by Gasteiger charge is -2.33. The molecule has 0 aromatic rings. The van der Waals surface area contributed by atoms with Gasteiger partial charge in [0.2, 0.25) is 0 Å². The van der Waals surface area contributed by atoms with Gasteiger partial charge in [-0.15, -0.1) is 0 Å². The first kappa shape index (κ1) is 10.0. The molecule has 1 aliphatic rings. The Kier molecular flexibility index (Phi) is 2.59. The Balaban J connectivity index is 2.55. The summed E-state index contributed by atoms with van der Waals surface area (Å²) in [5.41, 5.74) is -0.370. The number of ketones is 1. The van der Waals surface area contributed by atoms with E-state index in [2.05, 4.69) is 5.32 Å². The third kappa shape index (κ3) is 2.44. The summed E-state index contributed by atoms with van der Waals surface area (Å²) in [6.45, 7) is 3.73. The molecular weight excluding hydrogens is 170 g/mol. The molecule has 4 nitrogen and oxygen atoms in total. The molecule has 0 radical (unpaired) electrons. The number of carbonyl (C=O) groups excluding carboxylic acids is 1. The Morgan fingerprint density at radius 1 is 1.62 bits per heavy atom. The fourth-order valence-corrected chi connectivity index (χ4v) is 1.77. The zero-order valence-corrected chi connectivity index (χ0v) is 7.96. The van der Waals surface area contributed by atoms with Crippen LogP contribution in [0.1, 0.15) is 33.1 Å². The number of rotatable bonds is 1. The molecule has 0 aliphatic heterocycles. The molecule has 1 rings (SSSR count). The fourth-order valence-electron chi connectivity index (χ4n) is 1.77. The van der Waals surface area contributed by atoms with E-state index in [0.29, 0.717) is 19.3 Å². The highest BCUT2D eigenvalue weighted by Gasteiger charge is 2.35. The first-order chi connectivity index (χ1) is 5.92. The highest BCUT2D eigenvalue weighted by molar-refractivity contribution is 5.85. The smallest absolute Gasteiger partial charge is 0.404 e. The van der Waals surface area contributed by atoms with E-state index in [1.807, 2.05) is 13.8 Å². The van der Waals surface area contributed by atoms with Crippen LogP contribution in [0.3, 0.4) is 0 Å². The van der Waals surface area contributed by atoms with Crippen LogP contribution in [0.2, 0.25) is 0 Å². The minimum Gasteiger partial charge on any atom is -0.465 e. The number of Topliss-reactive ketones (excluding diaryl/α,β-unsaturated/α-hetero) is 1. The van der Waals surface area contributed by atoms with Crippen molar-refractivity contribution >= 4 is 11.9 Å². The van der Waals surface area contributed by atoms with Crippen LogP contribution in [0.25, 0.3) is 0 Å². The molecule has 0 spiro atoms. The maximum Gasteiger partial charge on any atom is 0.404 e. The Morgan fingerprint density at radius 3 is 2.69 bits per heavy atom. The molecule has 1 unspecified atom stereocenters. The highest BCUT2D eigenvalue weighted by atomic mass is 16.4. The van der Waals surface area contributed by atoms with Crippen LogP contribution in [0.4, 0.5) is 4.79 Å². The minimum atomic E-state index is -1.00. The van der Waals surface area contributed by atoms with E-state index in [9.17, 15) is 9.59 Å². The van der Waals surface area contributed by atoms with E-state index in [0.717, 1.165) is 0 Å². The molecule has 0 bridgehead atoms. The van der Waals surface area contributed by atoms with Gasteiger partial charge in [0, 0.05) is 17.9 Å². The molecule has 0 saturated heterocycles. The van der Waals surface area contributed by atoms with Crippen molar-refractivity contribution in [2.45, 2.75) is 39.2 Å². The SMILES string of the molecule is CC1(C)CC(NC(=O)O)CCC1=O. The van der Waals surface area contributed by atoms with Crippen molar-refractivity contribution in [3.63, 3.8) is 0 Å². The first-order valence-corrected chi connectivity index (χ1v) is 4.44. The van der Waals surface area contributed by atoms with Gasteiger partial charge < -0.3 is 10.4 Å². The summed E-state index contributed by atoms with van der Waals surface area (Å²) >= 11 is 0. The van der Waals surface area contributed by atoms with Gasteiger partial charge in [-0.25, -0.2) is 4.79 Å². The largest absolute Gasteiger partial charge is 0.465 e. The average Bonchev–Trinajstić information content (AvgIpc) is 1.95. The van der Waals surface area contributed by atoms with E-state index >= 15 is 0 Å². The molecule has 1 atom stereocenters. The van der Waals surface area contributed by atoms with Gasteiger partial charge in [-0.1, -0.05) is 13.8 Å². The molecular formula is C9H15NO3. The number of hydrogen-bond donors (Lipinski definition) is 2. The number of carbonyl (C=O) groups is 2. The fraction of sp³-hybridized carbons (Fsp3) is 0.778. The topological polar surface area (TPSA) is 66.4 Å². The van der Waals surface area contributed by atoms with E-state index in [1.165, 1.54) is 0 Å². The second-order valence-electron chi connectivity index (χ2n) is 4.20. The quantitative estimate of drug-likeness (QED) is 0.649. The maximum absolute atomic E-state index is 11.4. The Labute approximate surface area is 77.3 Å². The summed E-state index contributed by atoms with van der Waals surface area (Å²) < 4.78 is 0. The standard InChI is InChI=1S/C9H15NO3/c1-9(2)5-6(10-8(12)13)3-4-7(9)11/h6,10H,3-5H2,1-2H3,(H,12,13). The van der Waals surface area contributed by atoms with E-state index < -0.39 is 6.09 Å². The van der Waals surface area contributed by atoms with Gasteiger partial charge in [0.25, 0.3) is 0 Å². The van der Waals surface area contributed by atoms with Crippen molar-refractivity contribution < 1.29 is 14.7 Å². The third-order valence-corrected chi connectivity index (χ3v) is 2.56.